The summed E-state index contributed by atoms with van der Waals surface area (Å²) >= 11 is 4.90. The molecule has 110 valence electrons. The van der Waals surface area contributed by atoms with E-state index in [1.54, 1.807) is 0 Å². The SMILES string of the molecule is CC(C)CCNC(=O)CN1CCN(CC(N)=S)CC1. The first-order valence-electron chi connectivity index (χ1n) is 6.97. The molecule has 1 heterocycles. The van der Waals surface area contributed by atoms with Crippen molar-refractivity contribution < 1.29 is 4.79 Å². The molecule has 3 N–H and O–H groups in total. The third-order valence-electron chi connectivity index (χ3n) is 3.26. The van der Waals surface area contributed by atoms with Crippen molar-refractivity contribution >= 4 is 23.1 Å². The van der Waals surface area contributed by atoms with E-state index >= 15 is 0 Å². The maximum Gasteiger partial charge on any atom is 0.234 e. The van der Waals surface area contributed by atoms with E-state index in [9.17, 15) is 4.79 Å². The molecule has 0 unspecified atom stereocenters. The van der Waals surface area contributed by atoms with Gasteiger partial charge in [-0.1, -0.05) is 26.1 Å². The number of nitrogens with two attached hydrogens (primary N) is 1. The lowest BCUT2D eigenvalue weighted by Crippen LogP contribution is -2.51. The van der Waals surface area contributed by atoms with Gasteiger partial charge in [0.05, 0.1) is 11.5 Å². The van der Waals surface area contributed by atoms with Crippen molar-refractivity contribution in [2.45, 2.75) is 20.3 Å². The van der Waals surface area contributed by atoms with Gasteiger partial charge < -0.3 is 11.1 Å². The number of thiocarbonyl (C=S) groups is 1. The second-order valence-electron chi connectivity index (χ2n) is 5.55. The van der Waals surface area contributed by atoms with Crippen LogP contribution in [0.15, 0.2) is 0 Å². The fourth-order valence-electron chi connectivity index (χ4n) is 2.09. The van der Waals surface area contributed by atoms with Gasteiger partial charge >= 0.3 is 0 Å². The molecule has 0 aliphatic carbocycles. The van der Waals surface area contributed by atoms with Crippen molar-refractivity contribution in [3.8, 4) is 0 Å². The number of carbonyl (C=O) groups is 1. The summed E-state index contributed by atoms with van der Waals surface area (Å²) in [5.41, 5.74) is 5.53. The van der Waals surface area contributed by atoms with E-state index in [2.05, 4.69) is 29.0 Å². The van der Waals surface area contributed by atoms with E-state index in [-0.39, 0.29) is 5.91 Å². The highest BCUT2D eigenvalue weighted by Gasteiger charge is 2.18. The summed E-state index contributed by atoms with van der Waals surface area (Å²) in [5, 5.41) is 2.97. The molecule has 1 amide bonds. The Morgan fingerprint density at radius 3 is 2.21 bits per heavy atom. The zero-order valence-corrected chi connectivity index (χ0v) is 12.8. The van der Waals surface area contributed by atoms with Gasteiger partial charge in [-0.05, 0) is 12.3 Å². The Hall–Kier alpha value is -0.720. The molecule has 0 aromatic rings. The number of amides is 1. The van der Waals surface area contributed by atoms with Crippen molar-refractivity contribution in [1.82, 2.24) is 15.1 Å². The lowest BCUT2D eigenvalue weighted by molar-refractivity contribution is -0.122. The summed E-state index contributed by atoms with van der Waals surface area (Å²) in [7, 11) is 0. The Morgan fingerprint density at radius 1 is 1.21 bits per heavy atom. The average Bonchev–Trinajstić information content (AvgIpc) is 2.30. The van der Waals surface area contributed by atoms with Gasteiger partial charge in [-0.2, -0.15) is 0 Å². The molecule has 1 aliphatic rings. The van der Waals surface area contributed by atoms with E-state index in [4.69, 9.17) is 18.0 Å². The van der Waals surface area contributed by atoms with Gasteiger partial charge in [0.25, 0.3) is 0 Å². The zero-order valence-electron chi connectivity index (χ0n) is 12.0. The zero-order chi connectivity index (χ0) is 14.3. The summed E-state index contributed by atoms with van der Waals surface area (Å²) < 4.78 is 0. The van der Waals surface area contributed by atoms with Crippen molar-refractivity contribution in [3.63, 3.8) is 0 Å². The Bertz CT molecular complexity index is 301. The van der Waals surface area contributed by atoms with Crippen molar-refractivity contribution in [3.05, 3.63) is 0 Å². The highest BCUT2D eigenvalue weighted by molar-refractivity contribution is 7.80. The van der Waals surface area contributed by atoms with Crippen LogP contribution >= 0.6 is 12.2 Å². The van der Waals surface area contributed by atoms with Crippen molar-refractivity contribution in [2.75, 3.05) is 45.8 Å². The molecular formula is C13H26N4OS. The molecule has 0 atom stereocenters. The van der Waals surface area contributed by atoms with Crippen LogP contribution in [0.25, 0.3) is 0 Å². The van der Waals surface area contributed by atoms with Gasteiger partial charge in [0, 0.05) is 39.3 Å². The second-order valence-corrected chi connectivity index (χ2v) is 6.08. The number of hydrogen-bond donors (Lipinski definition) is 2. The number of carbonyl (C=O) groups excluding carboxylic acids is 1. The molecule has 0 spiro atoms. The maximum atomic E-state index is 11.7. The lowest BCUT2D eigenvalue weighted by atomic mass is 10.1. The van der Waals surface area contributed by atoms with Crippen LogP contribution in [0.4, 0.5) is 0 Å². The number of hydrogen-bond acceptors (Lipinski definition) is 4. The number of nitrogens with one attached hydrogen (secondary N) is 1. The first-order valence-corrected chi connectivity index (χ1v) is 7.38. The molecule has 6 heteroatoms. The maximum absolute atomic E-state index is 11.7. The smallest absolute Gasteiger partial charge is 0.234 e. The monoisotopic (exact) mass is 286 g/mol. The minimum Gasteiger partial charge on any atom is -0.392 e. The van der Waals surface area contributed by atoms with Crippen molar-refractivity contribution in [2.24, 2.45) is 11.7 Å². The van der Waals surface area contributed by atoms with Crippen LogP contribution in [0.3, 0.4) is 0 Å². The van der Waals surface area contributed by atoms with Crippen LogP contribution in [0.5, 0.6) is 0 Å². The number of rotatable bonds is 7. The Labute approximate surface area is 121 Å². The standard InChI is InChI=1S/C13H26N4OS/c1-11(2)3-4-15-13(18)10-17-7-5-16(6-8-17)9-12(14)19/h11H,3-10H2,1-2H3,(H2,14,19)(H,15,18). The second kappa shape index (κ2) is 8.45. The lowest BCUT2D eigenvalue weighted by Gasteiger charge is -2.33. The van der Waals surface area contributed by atoms with Crippen LogP contribution in [-0.2, 0) is 4.79 Å². The van der Waals surface area contributed by atoms with E-state index in [1.165, 1.54) is 0 Å². The molecule has 0 aromatic carbocycles. The molecule has 1 rings (SSSR count). The van der Waals surface area contributed by atoms with Crippen molar-refractivity contribution in [1.29, 1.82) is 0 Å². The fraction of sp³-hybridized carbons (Fsp3) is 0.846. The molecule has 5 nitrogen and oxygen atoms in total. The summed E-state index contributed by atoms with van der Waals surface area (Å²) in [6.07, 6.45) is 1.04. The van der Waals surface area contributed by atoms with Gasteiger partial charge in [-0.15, -0.1) is 0 Å². The third kappa shape index (κ3) is 7.44. The molecule has 0 bridgehead atoms. The summed E-state index contributed by atoms with van der Waals surface area (Å²) in [5.74, 6) is 0.757. The Morgan fingerprint density at radius 2 is 1.74 bits per heavy atom. The van der Waals surface area contributed by atoms with Crippen LogP contribution in [0.1, 0.15) is 20.3 Å². The van der Waals surface area contributed by atoms with Gasteiger partial charge in [0.15, 0.2) is 0 Å². The minimum atomic E-state index is 0.128. The van der Waals surface area contributed by atoms with Gasteiger partial charge in [-0.25, -0.2) is 0 Å². The van der Waals surface area contributed by atoms with Crippen LogP contribution in [0, 0.1) is 5.92 Å². The van der Waals surface area contributed by atoms with Crippen LogP contribution in [-0.4, -0.2) is 66.5 Å². The van der Waals surface area contributed by atoms with Gasteiger partial charge in [-0.3, -0.25) is 14.6 Å². The Balaban J connectivity index is 2.14. The summed E-state index contributed by atoms with van der Waals surface area (Å²) in [6, 6.07) is 0. The first kappa shape index (κ1) is 16.3. The highest BCUT2D eigenvalue weighted by atomic mass is 32.1. The van der Waals surface area contributed by atoms with E-state index in [1.807, 2.05) is 0 Å². The highest BCUT2D eigenvalue weighted by Crippen LogP contribution is 2.01. The van der Waals surface area contributed by atoms with Gasteiger partial charge in [0.1, 0.15) is 0 Å². The van der Waals surface area contributed by atoms with E-state index in [0.717, 1.165) is 39.1 Å². The minimum absolute atomic E-state index is 0.128. The number of nitrogens with zero attached hydrogens (tertiary/aromatic N) is 2. The third-order valence-corrected chi connectivity index (χ3v) is 3.38. The first-order chi connectivity index (χ1) is 8.97. The molecule has 1 saturated heterocycles. The predicted molar refractivity (Wildman–Crippen MR) is 82.1 cm³/mol. The summed E-state index contributed by atoms with van der Waals surface area (Å²) in [6.45, 7) is 9.94. The number of piperazine rings is 1. The average molecular weight is 286 g/mol. The quantitative estimate of drug-likeness (QED) is 0.648. The van der Waals surface area contributed by atoms with E-state index in [0.29, 0.717) is 24.0 Å². The molecular weight excluding hydrogens is 260 g/mol. The van der Waals surface area contributed by atoms with Gasteiger partial charge in [0.2, 0.25) is 5.91 Å². The van der Waals surface area contributed by atoms with Crippen LogP contribution < -0.4 is 11.1 Å². The molecule has 1 fully saturated rings. The summed E-state index contributed by atoms with van der Waals surface area (Å²) in [4.78, 5) is 16.7. The predicted octanol–water partition coefficient (Wildman–Crippen LogP) is 0.0524. The fourth-order valence-corrected chi connectivity index (χ4v) is 2.27. The topological polar surface area (TPSA) is 61.6 Å². The molecule has 0 radical (unpaired) electrons. The Kier molecular flexibility index (Phi) is 7.27. The van der Waals surface area contributed by atoms with Crippen LogP contribution in [0.2, 0.25) is 0 Å². The van der Waals surface area contributed by atoms with E-state index < -0.39 is 0 Å². The molecule has 0 saturated carbocycles. The molecule has 1 aliphatic heterocycles. The normalized spacial score (nSPS) is 17.6. The molecule has 19 heavy (non-hydrogen) atoms. The largest absolute Gasteiger partial charge is 0.392 e. The molecule has 0 aromatic heterocycles.